The summed E-state index contributed by atoms with van der Waals surface area (Å²) in [5, 5.41) is 20.7. The average molecular weight is 583 g/mol. The highest BCUT2D eigenvalue weighted by Crippen LogP contribution is 2.61. The molecule has 0 saturated carbocycles. The molecule has 3 heterocycles. The number of likely N-dealkylation sites (tertiary alicyclic amines) is 1. The first kappa shape index (κ1) is 26.6. The second kappa shape index (κ2) is 9.94. The van der Waals surface area contributed by atoms with E-state index in [0.29, 0.717) is 17.7 Å². The molecule has 5 rings (SSSR count). The molecule has 0 radical (unpaired) electrons. The maximum absolute atomic E-state index is 14.7. The summed E-state index contributed by atoms with van der Waals surface area (Å²) in [5.74, 6) is -4.17. The minimum Gasteiger partial charge on any atom is -0.481 e. The Morgan fingerprint density at radius 2 is 1.97 bits per heavy atom. The van der Waals surface area contributed by atoms with Crippen LogP contribution in [0.3, 0.4) is 0 Å². The number of aliphatic hydroxyl groups is 1. The number of amides is 2. The van der Waals surface area contributed by atoms with Gasteiger partial charge in [0.05, 0.1) is 30.6 Å². The number of carbonyl (C=O) groups excluding carboxylic acids is 2. The number of aliphatic carboxylic acids is 1. The summed E-state index contributed by atoms with van der Waals surface area (Å²) in [6, 6.07) is 12.8. The molecule has 3 aliphatic heterocycles. The van der Waals surface area contributed by atoms with Crippen molar-refractivity contribution in [2.75, 3.05) is 18.1 Å². The molecule has 3 saturated heterocycles. The fraction of sp³-hybridized carbons (Fsp3) is 0.414. The van der Waals surface area contributed by atoms with Gasteiger partial charge >= 0.3 is 5.97 Å². The van der Waals surface area contributed by atoms with Crippen molar-refractivity contribution in [3.63, 3.8) is 0 Å². The van der Waals surface area contributed by atoms with Crippen LogP contribution in [0.5, 0.6) is 0 Å². The normalized spacial score (nSPS) is 30.3. The van der Waals surface area contributed by atoms with Crippen LogP contribution >= 0.6 is 15.9 Å². The summed E-state index contributed by atoms with van der Waals surface area (Å²) in [6.07, 6.45) is 1.18. The number of rotatable bonds is 8. The Morgan fingerprint density at radius 3 is 2.61 bits per heavy atom. The van der Waals surface area contributed by atoms with E-state index < -0.39 is 60.0 Å². The number of halogens is 1. The number of anilines is 1. The van der Waals surface area contributed by atoms with Gasteiger partial charge in [0.15, 0.2) is 0 Å². The Labute approximate surface area is 230 Å². The quantitative estimate of drug-likeness (QED) is 0.365. The molecule has 1 spiro atoms. The zero-order valence-electron chi connectivity index (χ0n) is 21.3. The minimum absolute atomic E-state index is 0.182. The molecular weight excluding hydrogens is 552 g/mol. The van der Waals surface area contributed by atoms with E-state index in [9.17, 15) is 24.6 Å². The summed E-state index contributed by atoms with van der Waals surface area (Å²) in [5.41, 5.74) is 1.81. The van der Waals surface area contributed by atoms with Crippen molar-refractivity contribution in [1.29, 1.82) is 0 Å². The number of hydrogen-bond donors (Lipinski definition) is 2. The average Bonchev–Trinajstić information content (AvgIpc) is 3.49. The summed E-state index contributed by atoms with van der Waals surface area (Å²) in [4.78, 5) is 43.9. The van der Waals surface area contributed by atoms with E-state index in [1.54, 1.807) is 35.2 Å². The van der Waals surface area contributed by atoms with Gasteiger partial charge in [0, 0.05) is 17.1 Å². The second-order valence-electron chi connectivity index (χ2n) is 10.4. The highest BCUT2D eigenvalue weighted by molar-refractivity contribution is 9.09. The largest absolute Gasteiger partial charge is 0.481 e. The molecule has 2 aromatic rings. The lowest BCUT2D eigenvalue weighted by Crippen LogP contribution is -2.57. The topological polar surface area (TPSA) is 107 Å². The molecule has 7 atom stereocenters. The molecule has 2 bridgehead atoms. The SMILES string of the molecule is C=CCN(C(=O)C1N([C@H](CO)c2ccccc2)C(=O)[C@@H]2[C@@H](C(=O)O)[C@@H]3OC12CC3Br)c1cc(C)ccc1C. The van der Waals surface area contributed by atoms with Crippen LogP contribution in [0, 0.1) is 25.7 Å². The van der Waals surface area contributed by atoms with Crippen LogP contribution in [-0.4, -0.2) is 68.6 Å². The van der Waals surface area contributed by atoms with E-state index in [1.165, 1.54) is 4.90 Å². The molecule has 2 N–H and O–H groups in total. The third-order valence-electron chi connectivity index (χ3n) is 8.17. The van der Waals surface area contributed by atoms with Crippen molar-refractivity contribution < 1.29 is 29.3 Å². The van der Waals surface area contributed by atoms with Gasteiger partial charge in [-0.3, -0.25) is 14.4 Å². The number of carbonyl (C=O) groups is 3. The number of alkyl halides is 1. The third-order valence-corrected chi connectivity index (χ3v) is 9.02. The third kappa shape index (κ3) is 3.90. The van der Waals surface area contributed by atoms with E-state index >= 15 is 0 Å². The van der Waals surface area contributed by atoms with E-state index in [0.717, 1.165) is 11.1 Å². The van der Waals surface area contributed by atoms with Crippen molar-refractivity contribution in [1.82, 2.24) is 4.90 Å². The number of ether oxygens (including phenoxy) is 1. The van der Waals surface area contributed by atoms with Crippen LogP contribution in [-0.2, 0) is 19.1 Å². The molecule has 200 valence electrons. The van der Waals surface area contributed by atoms with E-state index in [4.69, 9.17) is 4.74 Å². The molecule has 38 heavy (non-hydrogen) atoms. The van der Waals surface area contributed by atoms with Crippen LogP contribution in [0.15, 0.2) is 61.2 Å². The number of aliphatic hydroxyl groups excluding tert-OH is 1. The predicted molar refractivity (Wildman–Crippen MR) is 145 cm³/mol. The van der Waals surface area contributed by atoms with Crippen molar-refractivity contribution in [3.8, 4) is 0 Å². The Bertz CT molecular complexity index is 1290. The number of hydrogen-bond acceptors (Lipinski definition) is 5. The van der Waals surface area contributed by atoms with E-state index in [1.807, 2.05) is 38.1 Å². The molecule has 0 aromatic heterocycles. The molecule has 8 nitrogen and oxygen atoms in total. The van der Waals surface area contributed by atoms with Gasteiger partial charge in [0.2, 0.25) is 5.91 Å². The Hall–Kier alpha value is -3.01. The van der Waals surface area contributed by atoms with E-state index in [2.05, 4.69) is 22.5 Å². The summed E-state index contributed by atoms with van der Waals surface area (Å²) in [6.45, 7) is 7.43. The van der Waals surface area contributed by atoms with Gasteiger partial charge in [0.25, 0.3) is 5.91 Å². The number of carboxylic acid groups (broad SMARTS) is 1. The van der Waals surface area contributed by atoms with Crippen LogP contribution in [0.2, 0.25) is 0 Å². The first-order chi connectivity index (χ1) is 18.2. The maximum atomic E-state index is 14.7. The van der Waals surface area contributed by atoms with Gasteiger partial charge in [-0.1, -0.05) is 64.5 Å². The lowest BCUT2D eigenvalue weighted by molar-refractivity contribution is -0.151. The second-order valence-corrected chi connectivity index (χ2v) is 11.6. The molecule has 3 fully saturated rings. The molecule has 2 amide bonds. The Kier molecular flexibility index (Phi) is 6.96. The zero-order chi connectivity index (χ0) is 27.4. The van der Waals surface area contributed by atoms with Gasteiger partial charge in [-0.05, 0) is 43.0 Å². The number of benzene rings is 2. The molecule has 3 unspecified atom stereocenters. The number of carboxylic acids is 1. The lowest BCUT2D eigenvalue weighted by Gasteiger charge is -2.39. The van der Waals surface area contributed by atoms with Crippen LogP contribution < -0.4 is 4.90 Å². The first-order valence-corrected chi connectivity index (χ1v) is 13.6. The van der Waals surface area contributed by atoms with Crippen molar-refractivity contribution in [2.24, 2.45) is 11.8 Å². The maximum Gasteiger partial charge on any atom is 0.310 e. The molecule has 2 aromatic carbocycles. The van der Waals surface area contributed by atoms with Crippen molar-refractivity contribution in [2.45, 2.75) is 48.9 Å². The number of nitrogens with zero attached hydrogens (tertiary/aromatic N) is 2. The smallest absolute Gasteiger partial charge is 0.310 e. The molecule has 0 aliphatic carbocycles. The monoisotopic (exact) mass is 582 g/mol. The van der Waals surface area contributed by atoms with Crippen LogP contribution in [0.4, 0.5) is 5.69 Å². The Morgan fingerprint density at radius 1 is 1.26 bits per heavy atom. The van der Waals surface area contributed by atoms with E-state index in [-0.39, 0.29) is 11.4 Å². The number of aryl methyl sites for hydroxylation is 2. The molecule has 3 aliphatic rings. The number of fused-ring (bicyclic) bond motifs is 1. The van der Waals surface area contributed by atoms with Crippen molar-refractivity contribution in [3.05, 3.63) is 77.9 Å². The van der Waals surface area contributed by atoms with Gasteiger partial charge in [-0.15, -0.1) is 6.58 Å². The lowest BCUT2D eigenvalue weighted by atomic mass is 9.70. The van der Waals surface area contributed by atoms with Gasteiger partial charge in [-0.25, -0.2) is 0 Å². The molecular formula is C29H31BrN2O6. The molecule has 9 heteroatoms. The summed E-state index contributed by atoms with van der Waals surface area (Å²) in [7, 11) is 0. The van der Waals surface area contributed by atoms with Gasteiger partial charge in [-0.2, -0.15) is 0 Å². The van der Waals surface area contributed by atoms with Gasteiger partial charge < -0.3 is 24.7 Å². The highest BCUT2D eigenvalue weighted by atomic mass is 79.9. The predicted octanol–water partition coefficient (Wildman–Crippen LogP) is 3.39. The summed E-state index contributed by atoms with van der Waals surface area (Å²) < 4.78 is 6.41. The van der Waals surface area contributed by atoms with Crippen molar-refractivity contribution >= 4 is 39.4 Å². The standard InChI is InChI=1S/C29H31BrN2O6/c1-4-12-31(20-13-16(2)10-11-17(20)3)27(35)25-29-14-19(30)24(38-29)22(28(36)37)23(29)26(34)32(25)21(15-33)18-8-6-5-7-9-18/h4-11,13,19,21-25,33H,1,12,14-15H2,2-3H3,(H,36,37)/t19?,21-,22-,23+,24-,25?,29?/m1/s1. The highest BCUT2D eigenvalue weighted by Gasteiger charge is 2.77. The zero-order valence-corrected chi connectivity index (χ0v) is 22.9. The minimum atomic E-state index is -1.35. The first-order valence-electron chi connectivity index (χ1n) is 12.7. The van der Waals surface area contributed by atoms with Crippen LogP contribution in [0.25, 0.3) is 0 Å². The van der Waals surface area contributed by atoms with Gasteiger partial charge in [0.1, 0.15) is 11.6 Å². The summed E-state index contributed by atoms with van der Waals surface area (Å²) >= 11 is 3.58. The van der Waals surface area contributed by atoms with Crippen LogP contribution in [0.1, 0.15) is 29.2 Å². The fourth-order valence-electron chi connectivity index (χ4n) is 6.59. The fourth-order valence-corrected chi connectivity index (χ4v) is 7.53. The Balaban J connectivity index is 1.69.